The lowest BCUT2D eigenvalue weighted by molar-refractivity contribution is 0.360. The highest BCUT2D eigenvalue weighted by Gasteiger charge is 2.25. The van der Waals surface area contributed by atoms with Gasteiger partial charge in [-0.25, -0.2) is 19.3 Å². The molecule has 0 aromatic carbocycles. The van der Waals surface area contributed by atoms with Crippen molar-refractivity contribution in [2.75, 3.05) is 12.4 Å². The molecule has 3 aromatic heterocycles. The minimum Gasteiger partial charge on any atom is -0.363 e. The van der Waals surface area contributed by atoms with E-state index in [0.717, 1.165) is 30.2 Å². The van der Waals surface area contributed by atoms with Gasteiger partial charge in [-0.1, -0.05) is 24.4 Å². The van der Waals surface area contributed by atoms with E-state index in [4.69, 9.17) is 11.6 Å². The Kier molecular flexibility index (Phi) is 4.74. The van der Waals surface area contributed by atoms with Crippen molar-refractivity contribution in [2.24, 2.45) is 0 Å². The highest BCUT2D eigenvalue weighted by molar-refractivity contribution is 6.31. The summed E-state index contributed by atoms with van der Waals surface area (Å²) < 4.78 is 14.3. The molecule has 3 N–H and O–H groups in total. The lowest BCUT2D eigenvalue weighted by Crippen LogP contribution is -2.44. The number of hydrogen-bond donors (Lipinski definition) is 3. The molecule has 8 heteroatoms. The van der Waals surface area contributed by atoms with E-state index < -0.39 is 5.82 Å². The topological polar surface area (TPSA) is 78.5 Å². The zero-order valence-electron chi connectivity index (χ0n) is 14.4. The Morgan fingerprint density at radius 3 is 2.81 bits per heavy atom. The Bertz CT molecular complexity index is 927. The predicted molar refractivity (Wildman–Crippen MR) is 101 cm³/mol. The number of halogens is 2. The van der Waals surface area contributed by atoms with Gasteiger partial charge in [0.25, 0.3) is 0 Å². The molecule has 2 unspecified atom stereocenters. The molecule has 0 aliphatic heterocycles. The molecule has 0 saturated heterocycles. The van der Waals surface area contributed by atoms with Crippen LogP contribution in [0.25, 0.3) is 22.4 Å². The standard InChI is InChI=1S/C18H20ClFN6/c1-21-14-4-2-3-5-15(14)25-18-13(20)9-24-17(26-18)12-8-23-16-11(12)6-10(19)7-22-16/h6-9,14-15,21H,2-5H2,1H3,(H,22,23)(H,24,25,26). The van der Waals surface area contributed by atoms with Crippen molar-refractivity contribution in [3.63, 3.8) is 0 Å². The first-order valence-corrected chi connectivity index (χ1v) is 9.13. The highest BCUT2D eigenvalue weighted by atomic mass is 35.5. The molecule has 26 heavy (non-hydrogen) atoms. The summed E-state index contributed by atoms with van der Waals surface area (Å²) in [6.07, 6.45) is 8.91. The number of nitrogens with one attached hydrogen (secondary N) is 3. The van der Waals surface area contributed by atoms with Gasteiger partial charge in [0.05, 0.1) is 11.2 Å². The molecule has 136 valence electrons. The van der Waals surface area contributed by atoms with Crippen LogP contribution in [0.4, 0.5) is 10.2 Å². The van der Waals surface area contributed by atoms with Gasteiger partial charge in [0.2, 0.25) is 0 Å². The zero-order valence-corrected chi connectivity index (χ0v) is 15.1. The number of nitrogens with zero attached hydrogens (tertiary/aromatic N) is 3. The van der Waals surface area contributed by atoms with Crippen LogP contribution in [0.5, 0.6) is 0 Å². The van der Waals surface area contributed by atoms with E-state index in [1.54, 1.807) is 18.5 Å². The summed E-state index contributed by atoms with van der Waals surface area (Å²) in [6, 6.07) is 2.25. The number of hydrogen-bond acceptors (Lipinski definition) is 5. The first-order valence-electron chi connectivity index (χ1n) is 8.75. The minimum atomic E-state index is -0.454. The number of aromatic amines is 1. The van der Waals surface area contributed by atoms with Crippen LogP contribution in [0.15, 0.2) is 24.7 Å². The molecular formula is C18H20ClFN6. The molecule has 3 heterocycles. The number of anilines is 1. The number of aromatic nitrogens is 4. The van der Waals surface area contributed by atoms with Gasteiger partial charge in [-0.3, -0.25) is 0 Å². The fourth-order valence-corrected chi connectivity index (χ4v) is 3.74. The second-order valence-corrected chi connectivity index (χ2v) is 7.01. The zero-order chi connectivity index (χ0) is 18.1. The van der Waals surface area contributed by atoms with Crippen LogP contribution >= 0.6 is 11.6 Å². The molecule has 3 aromatic rings. The molecule has 1 aliphatic rings. The lowest BCUT2D eigenvalue weighted by atomic mass is 9.90. The van der Waals surface area contributed by atoms with Crippen LogP contribution in [0.2, 0.25) is 5.02 Å². The monoisotopic (exact) mass is 374 g/mol. The molecule has 0 amide bonds. The van der Waals surface area contributed by atoms with Gasteiger partial charge in [0.15, 0.2) is 17.5 Å². The highest BCUT2D eigenvalue weighted by Crippen LogP contribution is 2.29. The van der Waals surface area contributed by atoms with Gasteiger partial charge < -0.3 is 15.6 Å². The van der Waals surface area contributed by atoms with Gasteiger partial charge in [0, 0.05) is 35.4 Å². The van der Waals surface area contributed by atoms with E-state index in [1.165, 1.54) is 12.6 Å². The lowest BCUT2D eigenvalue weighted by Gasteiger charge is -2.32. The number of pyridine rings is 1. The Morgan fingerprint density at radius 1 is 1.19 bits per heavy atom. The normalized spacial score (nSPS) is 20.4. The fraction of sp³-hybridized carbons (Fsp3) is 0.389. The summed E-state index contributed by atoms with van der Waals surface area (Å²) in [5.74, 6) is 0.206. The van der Waals surface area contributed by atoms with E-state index >= 15 is 0 Å². The van der Waals surface area contributed by atoms with Gasteiger partial charge in [-0.15, -0.1) is 0 Å². The van der Waals surface area contributed by atoms with Crippen LogP contribution in [0.1, 0.15) is 25.7 Å². The third-order valence-electron chi connectivity index (χ3n) is 4.94. The molecule has 0 bridgehead atoms. The molecule has 6 nitrogen and oxygen atoms in total. The average Bonchev–Trinajstić information content (AvgIpc) is 3.07. The summed E-state index contributed by atoms with van der Waals surface area (Å²) in [4.78, 5) is 15.9. The van der Waals surface area contributed by atoms with Crippen LogP contribution in [0.3, 0.4) is 0 Å². The van der Waals surface area contributed by atoms with E-state index in [9.17, 15) is 4.39 Å². The molecule has 0 radical (unpaired) electrons. The van der Waals surface area contributed by atoms with Crippen LogP contribution in [-0.4, -0.2) is 39.1 Å². The second kappa shape index (κ2) is 7.17. The summed E-state index contributed by atoms with van der Waals surface area (Å²) in [7, 11) is 1.94. The second-order valence-electron chi connectivity index (χ2n) is 6.57. The van der Waals surface area contributed by atoms with Gasteiger partial charge in [0.1, 0.15) is 5.65 Å². The van der Waals surface area contributed by atoms with E-state index in [-0.39, 0.29) is 11.9 Å². The van der Waals surface area contributed by atoms with Crippen molar-refractivity contribution < 1.29 is 4.39 Å². The minimum absolute atomic E-state index is 0.144. The predicted octanol–water partition coefficient (Wildman–Crippen LogP) is 3.75. The van der Waals surface area contributed by atoms with Crippen molar-refractivity contribution in [3.8, 4) is 11.4 Å². The quantitative estimate of drug-likeness (QED) is 0.648. The third kappa shape index (κ3) is 3.24. The summed E-state index contributed by atoms with van der Waals surface area (Å²) in [5.41, 5.74) is 1.43. The van der Waals surface area contributed by atoms with Crippen LogP contribution in [-0.2, 0) is 0 Å². The molecule has 0 spiro atoms. The SMILES string of the molecule is CNC1CCCCC1Nc1nc(-c2c[nH]c3ncc(Cl)cc23)ncc1F. The van der Waals surface area contributed by atoms with Gasteiger partial charge in [-0.05, 0) is 26.0 Å². The van der Waals surface area contributed by atoms with Crippen molar-refractivity contribution >= 4 is 28.5 Å². The first-order chi connectivity index (χ1) is 12.7. The number of likely N-dealkylation sites (N-methyl/N-ethyl adjacent to an activating group) is 1. The smallest absolute Gasteiger partial charge is 0.183 e. The maximum Gasteiger partial charge on any atom is 0.183 e. The van der Waals surface area contributed by atoms with Gasteiger partial charge in [-0.2, -0.15) is 0 Å². The van der Waals surface area contributed by atoms with Crippen LogP contribution < -0.4 is 10.6 Å². The third-order valence-corrected chi connectivity index (χ3v) is 5.15. The Labute approximate surface area is 155 Å². The molecule has 4 rings (SSSR count). The van der Waals surface area contributed by atoms with Crippen molar-refractivity contribution in [2.45, 2.75) is 37.8 Å². The Morgan fingerprint density at radius 2 is 2.00 bits per heavy atom. The molecule has 1 fully saturated rings. The van der Waals surface area contributed by atoms with Crippen LogP contribution in [0, 0.1) is 5.82 Å². The van der Waals surface area contributed by atoms with E-state index in [0.29, 0.717) is 22.5 Å². The average molecular weight is 375 g/mol. The molecular weight excluding hydrogens is 355 g/mol. The van der Waals surface area contributed by atoms with Crippen molar-refractivity contribution in [3.05, 3.63) is 35.5 Å². The molecule has 1 aliphatic carbocycles. The number of rotatable bonds is 4. The fourth-order valence-electron chi connectivity index (χ4n) is 3.59. The maximum absolute atomic E-state index is 14.3. The molecule has 1 saturated carbocycles. The van der Waals surface area contributed by atoms with Gasteiger partial charge >= 0.3 is 0 Å². The Balaban J connectivity index is 1.68. The molecule has 2 atom stereocenters. The summed E-state index contributed by atoms with van der Waals surface area (Å²) in [6.45, 7) is 0. The summed E-state index contributed by atoms with van der Waals surface area (Å²) in [5, 5.41) is 7.91. The largest absolute Gasteiger partial charge is 0.363 e. The maximum atomic E-state index is 14.3. The van der Waals surface area contributed by atoms with E-state index in [1.807, 2.05) is 7.05 Å². The number of fused-ring (bicyclic) bond motifs is 1. The van der Waals surface area contributed by atoms with Crippen molar-refractivity contribution in [1.29, 1.82) is 0 Å². The van der Waals surface area contributed by atoms with E-state index in [2.05, 4.69) is 30.6 Å². The van der Waals surface area contributed by atoms with Crippen molar-refractivity contribution in [1.82, 2.24) is 25.3 Å². The summed E-state index contributed by atoms with van der Waals surface area (Å²) >= 11 is 6.06. The Hall–Kier alpha value is -2.25. The first kappa shape index (κ1) is 17.2. The number of H-pyrrole nitrogens is 1.